The van der Waals surface area contributed by atoms with Crippen molar-refractivity contribution in [1.29, 1.82) is 0 Å². The first kappa shape index (κ1) is 14.0. The van der Waals surface area contributed by atoms with Crippen LogP contribution in [-0.2, 0) is 6.54 Å². The summed E-state index contributed by atoms with van der Waals surface area (Å²) in [5.41, 5.74) is 1.85. The zero-order valence-corrected chi connectivity index (χ0v) is 12.4. The number of carbonyl (C=O) groups excluding carboxylic acids is 1. The average Bonchev–Trinajstić information content (AvgIpc) is 3.30. The minimum atomic E-state index is -0.250. The highest BCUT2D eigenvalue weighted by atomic mass is 16.2. The van der Waals surface area contributed by atoms with E-state index in [9.17, 15) is 4.79 Å². The van der Waals surface area contributed by atoms with Crippen LogP contribution in [0.1, 0.15) is 16.1 Å². The number of carbonyl (C=O) groups is 1. The topological polar surface area (TPSA) is 103 Å². The van der Waals surface area contributed by atoms with E-state index in [0.717, 1.165) is 5.56 Å². The number of hydrogen-bond donors (Lipinski definition) is 1. The molecular weight excluding hydrogens is 308 g/mol. The lowest BCUT2D eigenvalue weighted by atomic mass is 10.2. The number of fused-ring (bicyclic) bond motifs is 1. The number of aromatic nitrogens is 7. The van der Waals surface area contributed by atoms with E-state index in [2.05, 4.69) is 30.5 Å². The zero-order valence-electron chi connectivity index (χ0n) is 12.4. The molecular formula is C15H12N8O. The first-order chi connectivity index (χ1) is 11.8. The van der Waals surface area contributed by atoms with Gasteiger partial charge in [-0.3, -0.25) is 4.79 Å². The molecule has 0 aliphatic carbocycles. The minimum absolute atomic E-state index is 0.250. The van der Waals surface area contributed by atoms with Gasteiger partial charge in [-0.25, -0.2) is 24.1 Å². The maximum Gasteiger partial charge on any atom is 0.270 e. The smallest absolute Gasteiger partial charge is 0.270 e. The molecule has 0 aliphatic rings. The van der Waals surface area contributed by atoms with E-state index in [-0.39, 0.29) is 5.91 Å². The van der Waals surface area contributed by atoms with Crippen molar-refractivity contribution in [2.24, 2.45) is 0 Å². The number of hydrogen-bond acceptors (Lipinski definition) is 6. The summed E-state index contributed by atoms with van der Waals surface area (Å²) in [5.74, 6) is 0.369. The van der Waals surface area contributed by atoms with Crippen molar-refractivity contribution in [3.8, 4) is 5.82 Å². The Balaban J connectivity index is 1.58. The van der Waals surface area contributed by atoms with E-state index in [0.29, 0.717) is 23.7 Å². The summed E-state index contributed by atoms with van der Waals surface area (Å²) in [6.45, 7) is 0.299. The van der Waals surface area contributed by atoms with Gasteiger partial charge in [-0.05, 0) is 18.2 Å². The number of nitrogens with zero attached hydrogens (tertiary/aromatic N) is 7. The summed E-state index contributed by atoms with van der Waals surface area (Å²) in [4.78, 5) is 24.8. The Morgan fingerprint density at radius 2 is 2.04 bits per heavy atom. The number of amides is 1. The first-order valence-corrected chi connectivity index (χ1v) is 7.19. The van der Waals surface area contributed by atoms with Gasteiger partial charge in [-0.15, -0.1) is 0 Å². The minimum Gasteiger partial charge on any atom is -0.346 e. The van der Waals surface area contributed by atoms with Gasteiger partial charge < -0.3 is 5.32 Å². The van der Waals surface area contributed by atoms with Crippen LogP contribution in [0, 0.1) is 0 Å². The maximum absolute atomic E-state index is 12.5. The number of nitrogens with one attached hydrogen (secondary N) is 1. The van der Waals surface area contributed by atoms with E-state index in [1.807, 2.05) is 6.07 Å². The lowest BCUT2D eigenvalue weighted by Gasteiger charge is -2.09. The van der Waals surface area contributed by atoms with Crippen molar-refractivity contribution in [2.75, 3.05) is 0 Å². The summed E-state index contributed by atoms with van der Waals surface area (Å²) < 4.78 is 3.05. The van der Waals surface area contributed by atoms with Crippen LogP contribution in [0.25, 0.3) is 11.5 Å². The fourth-order valence-corrected chi connectivity index (χ4v) is 2.38. The molecule has 1 amide bonds. The van der Waals surface area contributed by atoms with Crippen molar-refractivity contribution >= 4 is 11.6 Å². The molecule has 0 fully saturated rings. The van der Waals surface area contributed by atoms with Gasteiger partial charge in [-0.2, -0.15) is 10.2 Å². The highest BCUT2D eigenvalue weighted by Crippen LogP contribution is 2.10. The Morgan fingerprint density at radius 3 is 2.92 bits per heavy atom. The standard InChI is InChI=1S/C15H12N8O/c24-15(12-4-1-5-13-19-9-21-23(12)13)18-7-11-3-2-6-17-14(11)22-10-16-8-20-22/h1-6,8-10H,7H2,(H,18,24). The van der Waals surface area contributed by atoms with Gasteiger partial charge in [0.05, 0.1) is 0 Å². The van der Waals surface area contributed by atoms with Gasteiger partial charge in [0.2, 0.25) is 0 Å². The van der Waals surface area contributed by atoms with Gasteiger partial charge in [0, 0.05) is 18.3 Å². The van der Waals surface area contributed by atoms with Crippen molar-refractivity contribution in [3.05, 3.63) is 66.8 Å². The molecule has 118 valence electrons. The molecule has 4 rings (SSSR count). The normalized spacial score (nSPS) is 10.8. The maximum atomic E-state index is 12.5. The highest BCUT2D eigenvalue weighted by Gasteiger charge is 2.13. The van der Waals surface area contributed by atoms with Crippen LogP contribution in [-0.4, -0.2) is 40.3 Å². The van der Waals surface area contributed by atoms with Crippen LogP contribution in [0.15, 0.2) is 55.5 Å². The lowest BCUT2D eigenvalue weighted by Crippen LogP contribution is -2.26. The molecule has 0 saturated heterocycles. The zero-order chi connectivity index (χ0) is 16.4. The highest BCUT2D eigenvalue weighted by molar-refractivity contribution is 5.93. The molecule has 9 nitrogen and oxygen atoms in total. The predicted molar refractivity (Wildman–Crippen MR) is 83.3 cm³/mol. The second-order valence-electron chi connectivity index (χ2n) is 4.95. The number of rotatable bonds is 4. The monoisotopic (exact) mass is 320 g/mol. The number of pyridine rings is 2. The summed E-state index contributed by atoms with van der Waals surface area (Å²) in [7, 11) is 0. The molecule has 0 saturated carbocycles. The van der Waals surface area contributed by atoms with Crippen molar-refractivity contribution in [2.45, 2.75) is 6.54 Å². The Kier molecular flexibility index (Phi) is 3.43. The summed E-state index contributed by atoms with van der Waals surface area (Å²) in [5, 5.41) is 11.0. The molecule has 0 atom stereocenters. The summed E-state index contributed by atoms with van der Waals surface area (Å²) in [6, 6.07) is 8.93. The van der Waals surface area contributed by atoms with E-state index in [1.165, 1.54) is 17.2 Å². The Bertz CT molecular complexity index is 992. The Hall–Kier alpha value is -3.62. The SMILES string of the molecule is O=C(NCc1cccnc1-n1cncn1)c1cccc2ncnn12. The summed E-state index contributed by atoms with van der Waals surface area (Å²) in [6.07, 6.45) is 6.07. The lowest BCUT2D eigenvalue weighted by molar-refractivity contribution is 0.0943. The van der Waals surface area contributed by atoms with Crippen LogP contribution < -0.4 is 5.32 Å². The Labute approximate surface area is 136 Å². The largest absolute Gasteiger partial charge is 0.346 e. The van der Waals surface area contributed by atoms with Crippen LogP contribution in [0.4, 0.5) is 0 Å². The van der Waals surface area contributed by atoms with E-state index >= 15 is 0 Å². The molecule has 4 aromatic heterocycles. The van der Waals surface area contributed by atoms with Gasteiger partial charge in [0.25, 0.3) is 5.91 Å². The van der Waals surface area contributed by atoms with Crippen molar-refractivity contribution in [1.82, 2.24) is 39.7 Å². The van der Waals surface area contributed by atoms with Gasteiger partial charge >= 0.3 is 0 Å². The molecule has 1 N–H and O–H groups in total. The van der Waals surface area contributed by atoms with Crippen LogP contribution in [0.5, 0.6) is 0 Å². The van der Waals surface area contributed by atoms with Gasteiger partial charge in [0.1, 0.15) is 24.7 Å². The third-order valence-corrected chi connectivity index (χ3v) is 3.48. The summed E-state index contributed by atoms with van der Waals surface area (Å²) >= 11 is 0. The molecule has 0 bridgehead atoms. The molecule has 4 heterocycles. The molecule has 24 heavy (non-hydrogen) atoms. The molecule has 0 unspecified atom stereocenters. The third kappa shape index (κ3) is 2.47. The van der Waals surface area contributed by atoms with E-state index in [4.69, 9.17) is 0 Å². The second-order valence-corrected chi connectivity index (χ2v) is 4.95. The molecule has 0 aromatic carbocycles. The predicted octanol–water partition coefficient (Wildman–Crippen LogP) is 0.635. The third-order valence-electron chi connectivity index (χ3n) is 3.48. The second kappa shape index (κ2) is 5.88. The molecule has 4 aromatic rings. The van der Waals surface area contributed by atoms with Crippen LogP contribution >= 0.6 is 0 Å². The molecule has 9 heteroatoms. The van der Waals surface area contributed by atoms with Gasteiger partial charge in [0.15, 0.2) is 11.5 Å². The van der Waals surface area contributed by atoms with Crippen LogP contribution in [0.2, 0.25) is 0 Å². The molecule has 0 aliphatic heterocycles. The van der Waals surface area contributed by atoms with E-state index < -0.39 is 0 Å². The Morgan fingerprint density at radius 1 is 1.08 bits per heavy atom. The fraction of sp³-hybridized carbons (Fsp3) is 0.0667. The van der Waals surface area contributed by atoms with Crippen LogP contribution in [0.3, 0.4) is 0 Å². The average molecular weight is 320 g/mol. The van der Waals surface area contributed by atoms with Gasteiger partial charge in [-0.1, -0.05) is 12.1 Å². The first-order valence-electron chi connectivity index (χ1n) is 7.19. The fourth-order valence-electron chi connectivity index (χ4n) is 2.38. The quantitative estimate of drug-likeness (QED) is 0.592. The molecule has 0 spiro atoms. The molecule has 0 radical (unpaired) electrons. The van der Waals surface area contributed by atoms with E-state index in [1.54, 1.807) is 41.5 Å². The van der Waals surface area contributed by atoms with Crippen molar-refractivity contribution < 1.29 is 4.79 Å². The van der Waals surface area contributed by atoms with Crippen molar-refractivity contribution in [3.63, 3.8) is 0 Å².